The molecule has 1 unspecified atom stereocenters. The maximum absolute atomic E-state index is 3.42. The quantitative estimate of drug-likeness (QED) is 0.908. The van der Waals surface area contributed by atoms with Crippen LogP contribution in [0.1, 0.15) is 12.5 Å². The van der Waals surface area contributed by atoms with Gasteiger partial charge in [-0.15, -0.1) is 0 Å². The Morgan fingerprint density at radius 3 is 2.79 bits per heavy atom. The van der Waals surface area contributed by atoms with Crippen molar-refractivity contribution >= 4 is 10.9 Å². The van der Waals surface area contributed by atoms with E-state index < -0.39 is 0 Å². The van der Waals surface area contributed by atoms with Gasteiger partial charge < -0.3 is 9.88 Å². The number of hydrogen-bond acceptors (Lipinski definition) is 2. The minimum absolute atomic E-state index is 0.628. The molecule has 3 nitrogen and oxygen atoms in total. The highest BCUT2D eigenvalue weighted by Gasteiger charge is 2.16. The molecule has 3 rings (SSSR count). The van der Waals surface area contributed by atoms with E-state index in [4.69, 9.17) is 0 Å². The maximum atomic E-state index is 3.42. The summed E-state index contributed by atoms with van der Waals surface area (Å²) in [4.78, 5) is 2.59. The first kappa shape index (κ1) is 12.7. The third-order valence-corrected chi connectivity index (χ3v) is 4.26. The number of nitrogens with zero attached hydrogens (tertiary/aromatic N) is 2. The predicted octanol–water partition coefficient (Wildman–Crippen LogP) is 2.01. The van der Waals surface area contributed by atoms with Crippen LogP contribution in [-0.2, 0) is 13.5 Å². The molecule has 1 aliphatic rings. The number of rotatable bonds is 3. The van der Waals surface area contributed by atoms with Gasteiger partial charge >= 0.3 is 0 Å². The zero-order chi connectivity index (χ0) is 13.2. The van der Waals surface area contributed by atoms with Crippen LogP contribution in [0.3, 0.4) is 0 Å². The second kappa shape index (κ2) is 5.35. The van der Waals surface area contributed by atoms with Crippen LogP contribution in [0.4, 0.5) is 0 Å². The Morgan fingerprint density at radius 1 is 1.21 bits per heavy atom. The molecule has 1 aliphatic heterocycles. The summed E-state index contributed by atoms with van der Waals surface area (Å²) < 4.78 is 2.18. The standard InChI is InChI=1S/C16H23N3/c1-13(19-9-6-17-7-10-19)11-14-3-4-16-15(12-14)5-8-18(16)2/h3-5,8,12-13,17H,6-7,9-11H2,1-2H3. The summed E-state index contributed by atoms with van der Waals surface area (Å²) in [5, 5.41) is 4.77. The van der Waals surface area contributed by atoms with Crippen LogP contribution in [-0.4, -0.2) is 41.7 Å². The van der Waals surface area contributed by atoms with Gasteiger partial charge in [-0.25, -0.2) is 0 Å². The molecule has 1 aromatic heterocycles. The molecule has 2 heterocycles. The molecule has 1 atom stereocenters. The Morgan fingerprint density at radius 2 is 2.00 bits per heavy atom. The highest BCUT2D eigenvalue weighted by atomic mass is 15.2. The van der Waals surface area contributed by atoms with E-state index in [1.165, 1.54) is 29.6 Å². The molecule has 0 spiro atoms. The summed E-state index contributed by atoms with van der Waals surface area (Å²) in [5.41, 5.74) is 2.77. The van der Waals surface area contributed by atoms with Crippen molar-refractivity contribution in [2.24, 2.45) is 7.05 Å². The van der Waals surface area contributed by atoms with E-state index in [9.17, 15) is 0 Å². The second-order valence-corrected chi connectivity index (χ2v) is 5.66. The van der Waals surface area contributed by atoms with Gasteiger partial charge in [-0.1, -0.05) is 6.07 Å². The zero-order valence-electron chi connectivity index (χ0n) is 11.9. The largest absolute Gasteiger partial charge is 0.351 e. The third-order valence-electron chi connectivity index (χ3n) is 4.26. The first-order valence-corrected chi connectivity index (χ1v) is 7.23. The van der Waals surface area contributed by atoms with E-state index in [2.05, 4.69) is 59.2 Å². The van der Waals surface area contributed by atoms with Gasteiger partial charge in [0.2, 0.25) is 0 Å². The van der Waals surface area contributed by atoms with Gasteiger partial charge in [0.05, 0.1) is 0 Å². The highest BCUT2D eigenvalue weighted by molar-refractivity contribution is 5.80. The van der Waals surface area contributed by atoms with E-state index >= 15 is 0 Å². The number of benzene rings is 1. The van der Waals surface area contributed by atoms with Crippen LogP contribution in [0.5, 0.6) is 0 Å². The van der Waals surface area contributed by atoms with Crippen LogP contribution in [0, 0.1) is 0 Å². The van der Waals surface area contributed by atoms with Gasteiger partial charge in [0.1, 0.15) is 0 Å². The molecule has 0 radical (unpaired) electrons. The monoisotopic (exact) mass is 257 g/mol. The first-order valence-electron chi connectivity index (χ1n) is 7.23. The molecular weight excluding hydrogens is 234 g/mol. The average molecular weight is 257 g/mol. The molecule has 19 heavy (non-hydrogen) atoms. The average Bonchev–Trinajstić information content (AvgIpc) is 2.81. The molecule has 1 aromatic carbocycles. The van der Waals surface area contributed by atoms with Crippen molar-refractivity contribution in [1.82, 2.24) is 14.8 Å². The Bertz CT molecular complexity index is 552. The molecule has 102 valence electrons. The number of fused-ring (bicyclic) bond motifs is 1. The number of aryl methyl sites for hydroxylation is 1. The van der Waals surface area contributed by atoms with Crippen LogP contribution in [0.15, 0.2) is 30.5 Å². The zero-order valence-corrected chi connectivity index (χ0v) is 11.9. The number of aromatic nitrogens is 1. The molecular formula is C16H23N3. The maximum Gasteiger partial charge on any atom is 0.0477 e. The van der Waals surface area contributed by atoms with Crippen molar-refractivity contribution < 1.29 is 0 Å². The minimum atomic E-state index is 0.628. The molecule has 1 N–H and O–H groups in total. The Hall–Kier alpha value is -1.32. The van der Waals surface area contributed by atoms with Crippen molar-refractivity contribution in [3.8, 4) is 0 Å². The van der Waals surface area contributed by atoms with Crippen LogP contribution in [0.25, 0.3) is 10.9 Å². The lowest BCUT2D eigenvalue weighted by atomic mass is 10.0. The summed E-state index contributed by atoms with van der Waals surface area (Å²) in [7, 11) is 2.10. The Kier molecular flexibility index (Phi) is 3.58. The van der Waals surface area contributed by atoms with Crippen LogP contribution >= 0.6 is 0 Å². The van der Waals surface area contributed by atoms with Crippen molar-refractivity contribution in [3.05, 3.63) is 36.0 Å². The van der Waals surface area contributed by atoms with Gasteiger partial charge in [-0.05, 0) is 42.5 Å². The van der Waals surface area contributed by atoms with E-state index in [-0.39, 0.29) is 0 Å². The molecule has 0 amide bonds. The van der Waals surface area contributed by atoms with Crippen molar-refractivity contribution in [2.75, 3.05) is 26.2 Å². The van der Waals surface area contributed by atoms with Gasteiger partial charge in [-0.3, -0.25) is 4.90 Å². The summed E-state index contributed by atoms with van der Waals surface area (Å²) in [5.74, 6) is 0. The molecule has 0 saturated carbocycles. The lowest BCUT2D eigenvalue weighted by molar-refractivity contribution is 0.183. The molecule has 1 fully saturated rings. The minimum Gasteiger partial charge on any atom is -0.351 e. The summed E-state index contributed by atoms with van der Waals surface area (Å²) in [6.07, 6.45) is 3.28. The summed E-state index contributed by atoms with van der Waals surface area (Å²) >= 11 is 0. The van der Waals surface area contributed by atoms with E-state index in [1.54, 1.807) is 0 Å². The predicted molar refractivity (Wildman–Crippen MR) is 80.5 cm³/mol. The van der Waals surface area contributed by atoms with Gasteiger partial charge in [-0.2, -0.15) is 0 Å². The fraction of sp³-hybridized carbons (Fsp3) is 0.500. The Labute approximate surface area is 115 Å². The fourth-order valence-electron chi connectivity index (χ4n) is 3.05. The summed E-state index contributed by atoms with van der Waals surface area (Å²) in [6.45, 7) is 6.95. The van der Waals surface area contributed by atoms with Crippen LogP contribution in [0.2, 0.25) is 0 Å². The second-order valence-electron chi connectivity index (χ2n) is 5.66. The molecule has 0 aliphatic carbocycles. The van der Waals surface area contributed by atoms with Gasteiger partial charge in [0.15, 0.2) is 0 Å². The Balaban J connectivity index is 1.73. The lowest BCUT2D eigenvalue weighted by Gasteiger charge is -2.32. The van der Waals surface area contributed by atoms with E-state index in [1.807, 2.05) is 0 Å². The van der Waals surface area contributed by atoms with E-state index in [0.29, 0.717) is 6.04 Å². The third kappa shape index (κ3) is 2.67. The number of nitrogens with one attached hydrogen (secondary N) is 1. The number of hydrogen-bond donors (Lipinski definition) is 1. The normalized spacial score (nSPS) is 18.8. The molecule has 2 aromatic rings. The van der Waals surface area contributed by atoms with E-state index in [0.717, 1.165) is 19.5 Å². The topological polar surface area (TPSA) is 20.2 Å². The fourth-order valence-corrected chi connectivity index (χ4v) is 3.05. The lowest BCUT2D eigenvalue weighted by Crippen LogP contribution is -2.48. The molecule has 3 heteroatoms. The van der Waals surface area contributed by atoms with Crippen molar-refractivity contribution in [2.45, 2.75) is 19.4 Å². The SMILES string of the molecule is CC(Cc1ccc2c(ccn2C)c1)N1CCNCC1. The highest BCUT2D eigenvalue weighted by Crippen LogP contribution is 2.18. The molecule has 0 bridgehead atoms. The smallest absolute Gasteiger partial charge is 0.0477 e. The van der Waals surface area contributed by atoms with Gasteiger partial charge in [0, 0.05) is 51.0 Å². The molecule has 1 saturated heterocycles. The first-order chi connectivity index (χ1) is 9.24. The van der Waals surface area contributed by atoms with Gasteiger partial charge in [0.25, 0.3) is 0 Å². The summed E-state index contributed by atoms with van der Waals surface area (Å²) in [6, 6.07) is 9.70. The van der Waals surface area contributed by atoms with Crippen molar-refractivity contribution in [1.29, 1.82) is 0 Å². The number of piperazine rings is 1. The van der Waals surface area contributed by atoms with Crippen molar-refractivity contribution in [3.63, 3.8) is 0 Å². The van der Waals surface area contributed by atoms with Crippen LogP contribution < -0.4 is 5.32 Å².